The van der Waals surface area contributed by atoms with Crippen molar-refractivity contribution in [3.05, 3.63) is 29.1 Å². The molecule has 1 aliphatic carbocycles. The Bertz CT molecular complexity index is 595. The highest BCUT2D eigenvalue weighted by Gasteiger charge is 2.32. The summed E-state index contributed by atoms with van der Waals surface area (Å²) >= 11 is 0. The average molecular weight is 334 g/mol. The number of hydrogen-bond acceptors (Lipinski definition) is 4. The van der Waals surface area contributed by atoms with E-state index in [2.05, 4.69) is 10.3 Å². The lowest BCUT2D eigenvalue weighted by Crippen LogP contribution is -2.40. The van der Waals surface area contributed by atoms with Crippen LogP contribution in [-0.2, 0) is 4.74 Å². The second-order valence-corrected chi connectivity index (χ2v) is 6.62. The maximum Gasteiger partial charge on any atom is 0.337 e. The van der Waals surface area contributed by atoms with Crippen LogP contribution in [-0.4, -0.2) is 42.2 Å². The Kier molecular flexibility index (Phi) is 6.31. The highest BCUT2D eigenvalue weighted by atomic mass is 16.5. The van der Waals surface area contributed by atoms with E-state index in [1.54, 1.807) is 14.0 Å². The summed E-state index contributed by atoms with van der Waals surface area (Å²) in [6, 6.07) is 2.90. The monoisotopic (exact) mass is 334 g/mol. The van der Waals surface area contributed by atoms with Gasteiger partial charge < -0.3 is 15.2 Å². The van der Waals surface area contributed by atoms with Crippen LogP contribution in [0.5, 0.6) is 0 Å². The summed E-state index contributed by atoms with van der Waals surface area (Å²) in [7, 11) is 1.70. The first-order chi connectivity index (χ1) is 11.5. The fourth-order valence-electron chi connectivity index (χ4n) is 3.41. The number of nitrogens with one attached hydrogen (secondary N) is 1. The van der Waals surface area contributed by atoms with Gasteiger partial charge in [0.1, 0.15) is 5.69 Å². The number of carboxylic acids is 1. The molecular formula is C18H26N2O4. The summed E-state index contributed by atoms with van der Waals surface area (Å²) in [4.78, 5) is 27.5. The van der Waals surface area contributed by atoms with E-state index >= 15 is 0 Å². The highest BCUT2D eigenvalue weighted by molar-refractivity contribution is 5.94. The maximum atomic E-state index is 12.4. The third-order valence-corrected chi connectivity index (χ3v) is 4.92. The molecule has 6 nitrogen and oxygen atoms in total. The minimum Gasteiger partial charge on any atom is -0.478 e. The van der Waals surface area contributed by atoms with E-state index < -0.39 is 5.97 Å². The summed E-state index contributed by atoms with van der Waals surface area (Å²) in [5.74, 6) is -1.29. The first kappa shape index (κ1) is 18.4. The van der Waals surface area contributed by atoms with Crippen molar-refractivity contribution in [2.45, 2.75) is 45.4 Å². The molecule has 0 bridgehead atoms. The van der Waals surface area contributed by atoms with Crippen molar-refractivity contribution in [1.82, 2.24) is 10.3 Å². The molecule has 132 valence electrons. The second kappa shape index (κ2) is 8.24. The van der Waals surface area contributed by atoms with Crippen molar-refractivity contribution in [3.63, 3.8) is 0 Å². The zero-order valence-electron chi connectivity index (χ0n) is 14.4. The van der Waals surface area contributed by atoms with Gasteiger partial charge in [-0.1, -0.05) is 19.3 Å². The zero-order valence-corrected chi connectivity index (χ0v) is 14.4. The van der Waals surface area contributed by atoms with Crippen LogP contribution in [0.25, 0.3) is 0 Å². The van der Waals surface area contributed by atoms with E-state index in [-0.39, 0.29) is 22.6 Å². The van der Waals surface area contributed by atoms with Crippen molar-refractivity contribution >= 4 is 11.9 Å². The lowest BCUT2D eigenvalue weighted by atomic mass is 9.72. The fraction of sp³-hybridized carbons (Fsp3) is 0.611. The summed E-state index contributed by atoms with van der Waals surface area (Å²) in [5.41, 5.74) is 0.826. The number of amides is 1. The number of aromatic nitrogens is 1. The van der Waals surface area contributed by atoms with Gasteiger partial charge in [-0.05, 0) is 43.7 Å². The van der Waals surface area contributed by atoms with Crippen molar-refractivity contribution in [2.24, 2.45) is 5.41 Å². The largest absolute Gasteiger partial charge is 0.478 e. The smallest absolute Gasteiger partial charge is 0.337 e. The molecule has 1 amide bonds. The molecule has 2 N–H and O–H groups in total. The van der Waals surface area contributed by atoms with Gasteiger partial charge in [0.15, 0.2) is 0 Å². The topological polar surface area (TPSA) is 88.5 Å². The summed E-state index contributed by atoms with van der Waals surface area (Å²) in [6.07, 6.45) is 6.75. The quantitative estimate of drug-likeness (QED) is 0.800. The van der Waals surface area contributed by atoms with Gasteiger partial charge in [-0.3, -0.25) is 4.79 Å². The molecule has 0 saturated heterocycles. The van der Waals surface area contributed by atoms with Crippen LogP contribution >= 0.6 is 0 Å². The Morgan fingerprint density at radius 1 is 1.29 bits per heavy atom. The average Bonchev–Trinajstić information content (AvgIpc) is 2.58. The number of rotatable bonds is 7. The standard InChI is InChI=1S/C18H26N2O4/c1-13-14(17(22)23)6-7-15(20-13)16(21)19-12-18(10-11-24-2)8-4-3-5-9-18/h6-7H,3-5,8-12H2,1-2H3,(H,19,21)(H,22,23). The van der Waals surface area contributed by atoms with Gasteiger partial charge in [0.25, 0.3) is 5.91 Å². The van der Waals surface area contributed by atoms with E-state index in [9.17, 15) is 9.59 Å². The molecule has 6 heteroatoms. The first-order valence-electron chi connectivity index (χ1n) is 8.45. The number of carbonyl (C=O) groups is 2. The second-order valence-electron chi connectivity index (χ2n) is 6.62. The van der Waals surface area contributed by atoms with Gasteiger partial charge in [0.2, 0.25) is 0 Å². The van der Waals surface area contributed by atoms with Gasteiger partial charge in [0.05, 0.1) is 11.3 Å². The Hall–Kier alpha value is -1.95. The molecule has 1 fully saturated rings. The summed E-state index contributed by atoms with van der Waals surface area (Å²) in [6.45, 7) is 2.90. The number of aryl methyl sites for hydroxylation is 1. The fourth-order valence-corrected chi connectivity index (χ4v) is 3.41. The molecule has 0 aromatic carbocycles. The Morgan fingerprint density at radius 3 is 2.58 bits per heavy atom. The van der Waals surface area contributed by atoms with Gasteiger partial charge >= 0.3 is 5.97 Å². The molecule has 0 atom stereocenters. The van der Waals surface area contributed by atoms with Crippen LogP contribution in [0.1, 0.15) is 65.1 Å². The maximum absolute atomic E-state index is 12.4. The Labute approximate surface area is 142 Å². The first-order valence-corrected chi connectivity index (χ1v) is 8.45. The van der Waals surface area contributed by atoms with Crippen molar-refractivity contribution in [1.29, 1.82) is 0 Å². The van der Waals surface area contributed by atoms with Gasteiger partial charge in [-0.2, -0.15) is 0 Å². The van der Waals surface area contributed by atoms with Gasteiger partial charge in [-0.15, -0.1) is 0 Å². The van der Waals surface area contributed by atoms with Crippen molar-refractivity contribution in [3.8, 4) is 0 Å². The summed E-state index contributed by atoms with van der Waals surface area (Å²) < 4.78 is 5.23. The molecule has 1 saturated carbocycles. The van der Waals surface area contributed by atoms with Crippen LogP contribution in [0, 0.1) is 12.3 Å². The molecule has 0 radical (unpaired) electrons. The van der Waals surface area contributed by atoms with Crippen LogP contribution in [0.15, 0.2) is 12.1 Å². The molecule has 1 aromatic heterocycles. The minimum absolute atomic E-state index is 0.0972. The number of nitrogens with zero attached hydrogens (tertiary/aromatic N) is 1. The summed E-state index contributed by atoms with van der Waals surface area (Å²) in [5, 5.41) is 12.0. The van der Waals surface area contributed by atoms with E-state index in [0.717, 1.165) is 19.3 Å². The molecule has 24 heavy (non-hydrogen) atoms. The van der Waals surface area contributed by atoms with Crippen molar-refractivity contribution in [2.75, 3.05) is 20.3 Å². The number of carboxylic acid groups (broad SMARTS) is 1. The van der Waals surface area contributed by atoms with Gasteiger partial charge in [0, 0.05) is 20.3 Å². The molecule has 0 spiro atoms. The molecular weight excluding hydrogens is 308 g/mol. The van der Waals surface area contributed by atoms with Gasteiger partial charge in [-0.25, -0.2) is 9.78 Å². The molecule has 1 heterocycles. The van der Waals surface area contributed by atoms with Crippen LogP contribution in [0.4, 0.5) is 0 Å². The molecule has 0 aliphatic heterocycles. The van der Waals surface area contributed by atoms with E-state index in [1.165, 1.54) is 31.4 Å². The highest BCUT2D eigenvalue weighted by Crippen LogP contribution is 2.38. The zero-order chi connectivity index (χ0) is 17.6. The van der Waals surface area contributed by atoms with Crippen LogP contribution in [0.3, 0.4) is 0 Å². The molecule has 1 aliphatic rings. The van der Waals surface area contributed by atoms with Crippen LogP contribution in [0.2, 0.25) is 0 Å². The Morgan fingerprint density at radius 2 is 2.00 bits per heavy atom. The SMILES string of the molecule is COCCC1(CNC(=O)c2ccc(C(=O)O)c(C)n2)CCCCC1. The Balaban J connectivity index is 2.02. The number of pyridine rings is 1. The predicted molar refractivity (Wildman–Crippen MR) is 90.3 cm³/mol. The minimum atomic E-state index is -1.03. The number of carbonyl (C=O) groups excluding carboxylic acids is 1. The van der Waals surface area contributed by atoms with Crippen molar-refractivity contribution < 1.29 is 19.4 Å². The van der Waals surface area contributed by atoms with E-state index in [0.29, 0.717) is 18.8 Å². The third-order valence-electron chi connectivity index (χ3n) is 4.92. The third kappa shape index (κ3) is 4.54. The number of ether oxygens (including phenoxy) is 1. The number of aromatic carboxylic acids is 1. The van der Waals surface area contributed by atoms with E-state index in [1.807, 2.05) is 0 Å². The lowest BCUT2D eigenvalue weighted by molar-refractivity contribution is 0.0694. The van der Waals surface area contributed by atoms with Crippen LogP contribution < -0.4 is 5.32 Å². The number of methoxy groups -OCH3 is 1. The molecule has 2 rings (SSSR count). The normalized spacial score (nSPS) is 16.6. The predicted octanol–water partition coefficient (Wildman–Crippen LogP) is 2.81. The van der Waals surface area contributed by atoms with E-state index in [4.69, 9.17) is 9.84 Å². The molecule has 1 aromatic rings. The molecule has 0 unspecified atom stereocenters. The lowest BCUT2D eigenvalue weighted by Gasteiger charge is -2.37. The number of hydrogen-bond donors (Lipinski definition) is 2.